The molecule has 0 radical (unpaired) electrons. The third-order valence-electron chi connectivity index (χ3n) is 4.29. The van der Waals surface area contributed by atoms with Crippen molar-refractivity contribution >= 4 is 25.2 Å². The molecule has 0 amide bonds. The number of rotatable bonds is 9. The Morgan fingerprint density at radius 2 is 1.05 bits per heavy atom. The fourth-order valence-electron chi connectivity index (χ4n) is 2.21. The standard InChI is InChI=1S/C8H21P.C6H8O7/c1-5-9(6-2,7-3)8-4;7-3(8)1-6(13,5(11)12)2-4(9)10/h9H,5-8H2,1-4H3;13H,1-2H2,(H,7,8)(H,9,10)(H,11,12). The smallest absolute Gasteiger partial charge is 0.336 e. The average molecular weight is 340 g/mol. The Kier molecular flexibility index (Phi) is 11.0. The van der Waals surface area contributed by atoms with E-state index in [9.17, 15) is 14.4 Å². The molecule has 0 aliphatic rings. The van der Waals surface area contributed by atoms with Crippen LogP contribution in [0.5, 0.6) is 0 Å². The molecule has 8 heteroatoms. The molecule has 0 bridgehead atoms. The molecular weight excluding hydrogens is 311 g/mol. The molecule has 0 atom stereocenters. The number of aliphatic hydroxyl groups is 1. The minimum Gasteiger partial charge on any atom is -0.481 e. The van der Waals surface area contributed by atoms with Gasteiger partial charge in [0, 0.05) is 0 Å². The monoisotopic (exact) mass is 340 g/mol. The molecule has 4 N–H and O–H groups in total. The largest absolute Gasteiger partial charge is 0.481 e. The average Bonchev–Trinajstić information content (AvgIpc) is 2.40. The molecule has 0 aromatic carbocycles. The van der Waals surface area contributed by atoms with Crippen molar-refractivity contribution in [2.45, 2.75) is 46.1 Å². The number of carboxylic acid groups (broad SMARTS) is 3. The normalized spacial score (nSPS) is 12.0. The number of hydrogen-bond acceptors (Lipinski definition) is 4. The zero-order valence-electron chi connectivity index (χ0n) is 13.8. The van der Waals surface area contributed by atoms with Gasteiger partial charge in [0.1, 0.15) is 0 Å². The van der Waals surface area contributed by atoms with E-state index in [0.717, 1.165) is 0 Å². The molecular formula is C14H29O7P. The van der Waals surface area contributed by atoms with E-state index in [0.29, 0.717) is 0 Å². The Labute approximate surface area is 131 Å². The van der Waals surface area contributed by atoms with Crippen LogP contribution >= 0.6 is 7.26 Å². The Morgan fingerprint density at radius 1 is 0.773 bits per heavy atom. The summed E-state index contributed by atoms with van der Waals surface area (Å²) >= 11 is 0. The summed E-state index contributed by atoms with van der Waals surface area (Å²) in [5, 5.41) is 33.8. The van der Waals surface area contributed by atoms with E-state index in [1.165, 1.54) is 24.6 Å². The van der Waals surface area contributed by atoms with Gasteiger partial charge in [-0.2, -0.15) is 0 Å². The van der Waals surface area contributed by atoms with Crippen LogP contribution in [-0.4, -0.2) is 68.6 Å². The molecule has 7 nitrogen and oxygen atoms in total. The second kappa shape index (κ2) is 10.5. The van der Waals surface area contributed by atoms with Gasteiger partial charge in [0.25, 0.3) is 0 Å². The Morgan fingerprint density at radius 3 is 1.14 bits per heavy atom. The Hall–Kier alpha value is -1.20. The van der Waals surface area contributed by atoms with Crippen LogP contribution in [0.15, 0.2) is 0 Å². The van der Waals surface area contributed by atoms with Crippen molar-refractivity contribution in [1.82, 2.24) is 0 Å². The fraction of sp³-hybridized carbons (Fsp3) is 0.786. The quantitative estimate of drug-likeness (QED) is 0.468. The van der Waals surface area contributed by atoms with Gasteiger partial charge < -0.3 is 20.4 Å². The van der Waals surface area contributed by atoms with Crippen LogP contribution in [0.2, 0.25) is 0 Å². The molecule has 0 aromatic heterocycles. The third-order valence-corrected chi connectivity index (χ3v) is 10.3. The molecule has 0 heterocycles. The maximum Gasteiger partial charge on any atom is 0.336 e. The van der Waals surface area contributed by atoms with E-state index in [1.54, 1.807) is 0 Å². The first kappa shape index (κ1) is 23.1. The molecule has 0 aliphatic heterocycles. The summed E-state index contributed by atoms with van der Waals surface area (Å²) in [5.41, 5.74) is -2.74. The van der Waals surface area contributed by atoms with Gasteiger partial charge in [0.05, 0.1) is 12.8 Å². The molecule has 0 aliphatic carbocycles. The van der Waals surface area contributed by atoms with Crippen LogP contribution in [-0.2, 0) is 14.4 Å². The molecule has 0 saturated heterocycles. The summed E-state index contributed by atoms with van der Waals surface area (Å²) in [7, 11) is -0.691. The van der Waals surface area contributed by atoms with Crippen LogP contribution in [0.4, 0.5) is 0 Å². The second-order valence-corrected chi connectivity index (χ2v) is 11.2. The predicted molar refractivity (Wildman–Crippen MR) is 87.6 cm³/mol. The zero-order valence-corrected chi connectivity index (χ0v) is 14.8. The first-order valence-electron chi connectivity index (χ1n) is 7.41. The topological polar surface area (TPSA) is 132 Å². The number of aliphatic carboxylic acids is 3. The molecule has 132 valence electrons. The van der Waals surface area contributed by atoms with Crippen molar-refractivity contribution in [3.05, 3.63) is 0 Å². The first-order valence-corrected chi connectivity index (χ1v) is 10.2. The van der Waals surface area contributed by atoms with Crippen LogP contribution < -0.4 is 0 Å². The maximum atomic E-state index is 10.3. The molecule has 0 fully saturated rings. The zero-order chi connectivity index (χ0) is 18.0. The number of carbonyl (C=O) groups is 3. The van der Waals surface area contributed by atoms with Gasteiger partial charge in [-0.15, -0.1) is 0 Å². The van der Waals surface area contributed by atoms with E-state index in [2.05, 4.69) is 27.7 Å². The molecule has 0 aromatic rings. The molecule has 22 heavy (non-hydrogen) atoms. The van der Waals surface area contributed by atoms with Crippen LogP contribution in [0, 0.1) is 0 Å². The predicted octanol–water partition coefficient (Wildman–Crippen LogP) is 1.57. The minimum absolute atomic E-state index is 0.691. The van der Waals surface area contributed by atoms with E-state index in [4.69, 9.17) is 20.4 Å². The fourth-order valence-corrected chi connectivity index (χ4v) is 5.21. The first-order chi connectivity index (χ1) is 10.0. The van der Waals surface area contributed by atoms with Gasteiger partial charge in [-0.3, -0.25) is 9.59 Å². The molecule has 0 spiro atoms. The summed E-state index contributed by atoms with van der Waals surface area (Å²) < 4.78 is 0. The van der Waals surface area contributed by atoms with Crippen molar-refractivity contribution in [3.8, 4) is 0 Å². The van der Waals surface area contributed by atoms with Gasteiger partial charge in [0.15, 0.2) is 5.60 Å². The van der Waals surface area contributed by atoms with Gasteiger partial charge in [-0.1, -0.05) is 0 Å². The van der Waals surface area contributed by atoms with Crippen LogP contribution in [0.25, 0.3) is 0 Å². The van der Waals surface area contributed by atoms with E-state index < -0.39 is 43.6 Å². The number of hydrogen-bond donors (Lipinski definition) is 4. The van der Waals surface area contributed by atoms with Gasteiger partial charge in [-0.25, -0.2) is 4.79 Å². The van der Waals surface area contributed by atoms with Gasteiger partial charge in [-0.05, 0) is 0 Å². The third kappa shape index (κ3) is 8.29. The van der Waals surface area contributed by atoms with Crippen molar-refractivity contribution in [3.63, 3.8) is 0 Å². The SMILES string of the molecule is CC[PH](CC)(CC)CC.O=C(O)CC(O)(CC(=O)O)C(=O)O. The molecule has 0 rings (SSSR count). The van der Waals surface area contributed by atoms with E-state index >= 15 is 0 Å². The summed E-state index contributed by atoms with van der Waals surface area (Å²) in [6.07, 6.45) is 3.64. The van der Waals surface area contributed by atoms with Crippen molar-refractivity contribution < 1.29 is 34.8 Å². The van der Waals surface area contributed by atoms with Gasteiger partial charge in [0.2, 0.25) is 0 Å². The molecule has 0 unspecified atom stereocenters. The minimum atomic E-state index is -2.74. The van der Waals surface area contributed by atoms with Crippen molar-refractivity contribution in [2.75, 3.05) is 24.6 Å². The second-order valence-electron chi connectivity index (χ2n) is 5.39. The molecule has 0 saturated carbocycles. The Balaban J connectivity index is 0. The summed E-state index contributed by atoms with van der Waals surface area (Å²) in [6.45, 7) is 9.46. The maximum absolute atomic E-state index is 10.3. The number of carboxylic acids is 3. The van der Waals surface area contributed by atoms with Crippen molar-refractivity contribution in [2.24, 2.45) is 0 Å². The summed E-state index contributed by atoms with van der Waals surface area (Å²) in [6, 6.07) is 0. The van der Waals surface area contributed by atoms with E-state index in [-0.39, 0.29) is 0 Å². The summed E-state index contributed by atoms with van der Waals surface area (Å²) in [4.78, 5) is 30.5. The van der Waals surface area contributed by atoms with Crippen molar-refractivity contribution in [1.29, 1.82) is 0 Å². The van der Waals surface area contributed by atoms with Gasteiger partial charge >= 0.3 is 77.5 Å². The van der Waals surface area contributed by atoms with Crippen LogP contribution in [0.3, 0.4) is 0 Å². The Bertz CT molecular complexity index is 344. The van der Waals surface area contributed by atoms with E-state index in [1.807, 2.05) is 0 Å². The van der Waals surface area contributed by atoms with Crippen LogP contribution in [0.1, 0.15) is 40.5 Å². The summed E-state index contributed by atoms with van der Waals surface area (Å²) in [5.74, 6) is -5.02.